The van der Waals surface area contributed by atoms with Crippen LogP contribution in [-0.4, -0.2) is 72.3 Å². The van der Waals surface area contributed by atoms with E-state index in [1.807, 2.05) is 0 Å². The molecule has 0 aliphatic carbocycles. The highest BCUT2D eigenvalue weighted by molar-refractivity contribution is 6.05. The Morgan fingerprint density at radius 1 is 0.442 bits per heavy atom. The smallest absolute Gasteiger partial charge is 0.330 e. The van der Waals surface area contributed by atoms with Gasteiger partial charge >= 0.3 is 36.0 Å². The summed E-state index contributed by atoms with van der Waals surface area (Å²) in [7, 11) is 0. The minimum absolute atomic E-state index is 0.719. The summed E-state index contributed by atoms with van der Waals surface area (Å²) in [6.07, 6.45) is -15.6. The summed E-state index contributed by atoms with van der Waals surface area (Å²) in [5.74, 6) is -32.8. The number of halogens is 14. The van der Waals surface area contributed by atoms with Crippen molar-refractivity contribution in [1.82, 2.24) is 0 Å². The lowest BCUT2D eigenvalue weighted by atomic mass is 9.86. The van der Waals surface area contributed by atoms with Crippen LogP contribution < -0.4 is 11.5 Å². The molecule has 0 fully saturated rings. The van der Waals surface area contributed by atoms with Crippen LogP contribution in [0.5, 0.6) is 0 Å². The van der Waals surface area contributed by atoms with Crippen molar-refractivity contribution in [2.24, 2.45) is 22.3 Å². The van der Waals surface area contributed by atoms with Gasteiger partial charge in [0.25, 0.3) is 0 Å². The van der Waals surface area contributed by atoms with Gasteiger partial charge in [-0.1, -0.05) is 41.5 Å². The van der Waals surface area contributed by atoms with E-state index in [0.29, 0.717) is 0 Å². The first-order chi connectivity index (χ1) is 18.5. The second-order valence-electron chi connectivity index (χ2n) is 10.8. The summed E-state index contributed by atoms with van der Waals surface area (Å²) in [4.78, 5) is 44.2. The van der Waals surface area contributed by atoms with Gasteiger partial charge in [-0.3, -0.25) is 19.2 Å². The number of nitrogens with two attached hydrogens (primary N) is 2. The molecule has 256 valence electrons. The van der Waals surface area contributed by atoms with Crippen LogP contribution in [0.4, 0.5) is 61.5 Å². The average molecular weight is 666 g/mol. The van der Waals surface area contributed by atoms with E-state index in [1.165, 1.54) is 41.5 Å². The van der Waals surface area contributed by atoms with Crippen molar-refractivity contribution in [3.05, 3.63) is 0 Å². The predicted molar refractivity (Wildman–Crippen MR) is 123 cm³/mol. The number of carbonyl (C=O) groups excluding carboxylic acids is 4. The van der Waals surface area contributed by atoms with E-state index in [0.717, 1.165) is 19.5 Å². The van der Waals surface area contributed by atoms with Crippen molar-refractivity contribution in [1.29, 1.82) is 0 Å². The molecule has 0 rings (SSSR count). The maximum Gasteiger partial charge on any atom is 0.460 e. The second-order valence-corrected chi connectivity index (χ2v) is 10.8. The molecule has 0 aliphatic heterocycles. The van der Waals surface area contributed by atoms with Gasteiger partial charge in [0.1, 0.15) is 11.6 Å². The van der Waals surface area contributed by atoms with E-state index < -0.39 is 82.8 Å². The SMILES string of the molecule is CC(C)(C)C(=O)CC(=O)C(F)(F)C(F)(F)C(F)(F)F.CC(C)(C)C(=O)CC(=O)C(F)(F)C(F)(F)C(F)(F)F.NCCCN. The van der Waals surface area contributed by atoms with E-state index in [4.69, 9.17) is 11.5 Å². The Morgan fingerprint density at radius 2 is 0.651 bits per heavy atom. The van der Waals surface area contributed by atoms with Crippen LogP contribution in [0.25, 0.3) is 0 Å². The molecule has 0 aromatic carbocycles. The van der Waals surface area contributed by atoms with Crippen LogP contribution in [0.1, 0.15) is 60.8 Å². The fourth-order valence-corrected chi connectivity index (χ4v) is 1.87. The molecular weight excluding hydrogens is 634 g/mol. The third-order valence-electron chi connectivity index (χ3n) is 4.92. The zero-order chi connectivity index (χ0) is 35.8. The summed E-state index contributed by atoms with van der Waals surface area (Å²) in [6, 6.07) is 0. The molecule has 6 nitrogen and oxygen atoms in total. The number of ketones is 4. The van der Waals surface area contributed by atoms with Gasteiger partial charge in [0, 0.05) is 10.8 Å². The van der Waals surface area contributed by atoms with Crippen molar-refractivity contribution < 1.29 is 80.6 Å². The van der Waals surface area contributed by atoms with Crippen LogP contribution >= 0.6 is 0 Å². The lowest BCUT2D eigenvalue weighted by Crippen LogP contribution is -2.56. The van der Waals surface area contributed by atoms with Gasteiger partial charge in [0.05, 0.1) is 12.8 Å². The lowest BCUT2D eigenvalue weighted by molar-refractivity contribution is -0.343. The zero-order valence-corrected chi connectivity index (χ0v) is 23.6. The average Bonchev–Trinajstić information content (AvgIpc) is 2.77. The van der Waals surface area contributed by atoms with Gasteiger partial charge in [-0.25, -0.2) is 0 Å². The van der Waals surface area contributed by atoms with Crippen molar-refractivity contribution in [3.8, 4) is 0 Å². The number of carbonyl (C=O) groups is 4. The monoisotopic (exact) mass is 666 g/mol. The predicted octanol–water partition coefficient (Wildman–Crippen LogP) is 6.08. The van der Waals surface area contributed by atoms with Gasteiger partial charge in [-0.2, -0.15) is 61.5 Å². The van der Waals surface area contributed by atoms with Gasteiger partial charge < -0.3 is 11.5 Å². The Labute approximate surface area is 236 Å². The molecular formula is C23H32F14N2O4. The molecule has 0 amide bonds. The minimum Gasteiger partial charge on any atom is -0.330 e. The lowest BCUT2D eigenvalue weighted by Gasteiger charge is -2.27. The van der Waals surface area contributed by atoms with Gasteiger partial charge in [-0.15, -0.1) is 0 Å². The molecule has 0 aromatic rings. The number of Topliss-reactive ketones (excluding diaryl/α,β-unsaturated/α-hetero) is 4. The van der Waals surface area contributed by atoms with E-state index in [9.17, 15) is 80.6 Å². The topological polar surface area (TPSA) is 120 Å². The maximum atomic E-state index is 12.9. The summed E-state index contributed by atoms with van der Waals surface area (Å²) in [5, 5.41) is 0. The van der Waals surface area contributed by atoms with Crippen molar-refractivity contribution in [2.75, 3.05) is 13.1 Å². The van der Waals surface area contributed by atoms with E-state index in [1.54, 1.807) is 0 Å². The summed E-state index contributed by atoms with van der Waals surface area (Å²) < 4.78 is 172. The van der Waals surface area contributed by atoms with Crippen LogP contribution in [0.15, 0.2) is 0 Å². The molecule has 0 aliphatic rings. The molecule has 0 atom stereocenters. The quantitative estimate of drug-likeness (QED) is 0.216. The van der Waals surface area contributed by atoms with E-state index in [2.05, 4.69) is 0 Å². The molecule has 43 heavy (non-hydrogen) atoms. The molecule has 0 aromatic heterocycles. The zero-order valence-electron chi connectivity index (χ0n) is 23.6. The first kappa shape index (κ1) is 45.1. The minimum atomic E-state index is -6.59. The highest BCUT2D eigenvalue weighted by atomic mass is 19.4. The normalized spacial score (nSPS) is 13.7. The summed E-state index contributed by atoms with van der Waals surface area (Å²) in [5.41, 5.74) is 7.51. The third-order valence-corrected chi connectivity index (χ3v) is 4.92. The molecule has 0 bridgehead atoms. The van der Waals surface area contributed by atoms with Crippen LogP contribution in [0.3, 0.4) is 0 Å². The van der Waals surface area contributed by atoms with E-state index in [-0.39, 0.29) is 0 Å². The second kappa shape index (κ2) is 15.1. The molecule has 0 radical (unpaired) electrons. The Kier molecular flexibility index (Phi) is 15.8. The third kappa shape index (κ3) is 12.3. The number of alkyl halides is 14. The van der Waals surface area contributed by atoms with Crippen molar-refractivity contribution >= 4 is 23.1 Å². The van der Waals surface area contributed by atoms with Crippen LogP contribution in [0.2, 0.25) is 0 Å². The van der Waals surface area contributed by atoms with Gasteiger partial charge in [-0.05, 0) is 19.5 Å². The molecule has 0 saturated carbocycles. The Bertz CT molecular complexity index is 885. The summed E-state index contributed by atoms with van der Waals surface area (Å²) in [6.45, 7) is 8.70. The van der Waals surface area contributed by atoms with Crippen LogP contribution in [0, 0.1) is 10.8 Å². The fraction of sp³-hybridized carbons (Fsp3) is 0.826. The highest BCUT2D eigenvalue weighted by Gasteiger charge is 2.76. The van der Waals surface area contributed by atoms with Crippen molar-refractivity contribution in [3.63, 3.8) is 0 Å². The molecule has 0 saturated heterocycles. The Balaban J connectivity index is -0.000000642. The standard InChI is InChI=1S/2C10H11F7O2.C3H10N2/c2*1-7(2,3)5(18)4-6(19)8(11,12)9(13,14)10(15,16)17;4-2-1-3-5/h2*4H2,1-3H3;1-5H2. The molecule has 20 heteroatoms. The maximum absolute atomic E-state index is 12.9. The van der Waals surface area contributed by atoms with E-state index >= 15 is 0 Å². The molecule has 0 spiro atoms. The van der Waals surface area contributed by atoms with Crippen molar-refractivity contribution in [2.45, 2.75) is 96.8 Å². The molecule has 4 N–H and O–H groups in total. The highest BCUT2D eigenvalue weighted by Crippen LogP contribution is 2.48. The fourth-order valence-electron chi connectivity index (χ4n) is 1.87. The van der Waals surface area contributed by atoms with Crippen LogP contribution in [-0.2, 0) is 19.2 Å². The Hall–Kier alpha value is -2.38. The first-order valence-corrected chi connectivity index (χ1v) is 11.7. The number of hydrogen-bond donors (Lipinski definition) is 2. The molecule has 0 unspecified atom stereocenters. The Morgan fingerprint density at radius 3 is 0.767 bits per heavy atom. The number of hydrogen-bond acceptors (Lipinski definition) is 6. The summed E-state index contributed by atoms with van der Waals surface area (Å²) >= 11 is 0. The van der Waals surface area contributed by atoms with Gasteiger partial charge in [0.2, 0.25) is 11.6 Å². The molecule has 0 heterocycles. The number of rotatable bonds is 10. The largest absolute Gasteiger partial charge is 0.460 e. The van der Waals surface area contributed by atoms with Gasteiger partial charge in [0.15, 0.2) is 0 Å². The first-order valence-electron chi connectivity index (χ1n) is 11.7.